The maximum atomic E-state index is 12.2. The molecular weight excluding hydrogens is 368 g/mol. The molecule has 9 nitrogen and oxygen atoms in total. The van der Waals surface area contributed by atoms with Crippen LogP contribution in [0.1, 0.15) is 33.5 Å². The van der Waals surface area contributed by atoms with Gasteiger partial charge in [0.2, 0.25) is 17.8 Å². The Hall–Kier alpha value is -2.81. The molecule has 156 valence electrons. The number of aromatic nitrogens is 4. The van der Waals surface area contributed by atoms with Gasteiger partial charge >= 0.3 is 0 Å². The number of likely N-dealkylation sites (N-methyl/N-ethyl adjacent to an activating group) is 1. The molecule has 0 unspecified atom stereocenters. The standard InChI is InChI=1S/C20H30N8O/c1-6-14-23-18(26-19(25-14)28-12-10-27(5)11-13-28)24-16-9-7-8-15(21-16)22-17(29)20(2,3)4/h7-9H,6,10-13H2,1-5H3,(H2,21,22,23,24,25,26,29). The van der Waals surface area contributed by atoms with Crippen LogP contribution in [-0.4, -0.2) is 64.0 Å². The SMILES string of the molecule is CCc1nc(Nc2cccc(NC(=O)C(C)(C)C)n2)nc(N2CCN(C)CC2)n1. The van der Waals surface area contributed by atoms with Crippen LogP contribution in [0.5, 0.6) is 0 Å². The highest BCUT2D eigenvalue weighted by Crippen LogP contribution is 2.20. The van der Waals surface area contributed by atoms with Crippen LogP contribution < -0.4 is 15.5 Å². The molecule has 1 amide bonds. The van der Waals surface area contributed by atoms with Gasteiger partial charge in [-0.2, -0.15) is 15.0 Å². The van der Waals surface area contributed by atoms with E-state index in [1.807, 2.05) is 39.8 Å². The molecule has 1 aliphatic rings. The molecule has 0 bridgehead atoms. The third kappa shape index (κ3) is 5.60. The summed E-state index contributed by atoms with van der Waals surface area (Å²) in [5.74, 6) is 2.83. The minimum Gasteiger partial charge on any atom is -0.338 e. The van der Waals surface area contributed by atoms with Gasteiger partial charge in [0.05, 0.1) is 0 Å². The van der Waals surface area contributed by atoms with Gasteiger partial charge in [-0.1, -0.05) is 33.8 Å². The summed E-state index contributed by atoms with van der Waals surface area (Å²) in [4.78, 5) is 34.8. The largest absolute Gasteiger partial charge is 0.338 e. The Bertz CT molecular complexity index is 856. The fourth-order valence-corrected chi connectivity index (χ4v) is 2.76. The third-order valence-electron chi connectivity index (χ3n) is 4.68. The summed E-state index contributed by atoms with van der Waals surface area (Å²) in [6.45, 7) is 11.3. The fraction of sp³-hybridized carbons (Fsp3) is 0.550. The maximum Gasteiger partial charge on any atom is 0.233 e. The second kappa shape index (κ2) is 8.69. The molecule has 0 spiro atoms. The number of carbonyl (C=O) groups excluding carboxylic acids is 1. The van der Waals surface area contributed by atoms with Crippen molar-refractivity contribution in [3.8, 4) is 0 Å². The molecule has 29 heavy (non-hydrogen) atoms. The van der Waals surface area contributed by atoms with Gasteiger partial charge in [-0.3, -0.25) is 4.79 Å². The first-order valence-electron chi connectivity index (χ1n) is 9.98. The highest BCUT2D eigenvalue weighted by Gasteiger charge is 2.22. The number of piperazine rings is 1. The number of hydrogen-bond donors (Lipinski definition) is 2. The van der Waals surface area contributed by atoms with Crippen LogP contribution in [0.4, 0.5) is 23.5 Å². The third-order valence-corrected chi connectivity index (χ3v) is 4.68. The summed E-state index contributed by atoms with van der Waals surface area (Å²) in [7, 11) is 2.12. The lowest BCUT2D eigenvalue weighted by atomic mass is 9.96. The van der Waals surface area contributed by atoms with Crippen molar-refractivity contribution in [2.45, 2.75) is 34.1 Å². The van der Waals surface area contributed by atoms with E-state index in [2.05, 4.69) is 47.4 Å². The average molecular weight is 399 g/mol. The normalized spacial score (nSPS) is 15.3. The van der Waals surface area contributed by atoms with E-state index < -0.39 is 5.41 Å². The molecule has 9 heteroatoms. The molecule has 2 aromatic rings. The molecule has 3 heterocycles. The average Bonchev–Trinajstić information content (AvgIpc) is 2.68. The van der Waals surface area contributed by atoms with Gasteiger partial charge in [0.25, 0.3) is 0 Å². The van der Waals surface area contributed by atoms with Crippen LogP contribution in [-0.2, 0) is 11.2 Å². The highest BCUT2D eigenvalue weighted by atomic mass is 16.2. The van der Waals surface area contributed by atoms with E-state index >= 15 is 0 Å². The van der Waals surface area contributed by atoms with Crippen LogP contribution in [0.3, 0.4) is 0 Å². The van der Waals surface area contributed by atoms with Crippen LogP contribution >= 0.6 is 0 Å². The van der Waals surface area contributed by atoms with Gasteiger partial charge < -0.3 is 20.4 Å². The Labute approximate surface area is 172 Å². The molecule has 2 N–H and O–H groups in total. The fourth-order valence-electron chi connectivity index (χ4n) is 2.76. The van der Waals surface area contributed by atoms with Crippen molar-refractivity contribution in [2.24, 2.45) is 5.41 Å². The second-order valence-corrected chi connectivity index (χ2v) is 8.26. The molecule has 3 rings (SSSR count). The van der Waals surface area contributed by atoms with Crippen molar-refractivity contribution in [3.05, 3.63) is 24.0 Å². The monoisotopic (exact) mass is 398 g/mol. The molecule has 1 fully saturated rings. The van der Waals surface area contributed by atoms with Crippen molar-refractivity contribution in [1.82, 2.24) is 24.8 Å². The Morgan fingerprint density at radius 3 is 2.38 bits per heavy atom. The Balaban J connectivity index is 1.78. The maximum absolute atomic E-state index is 12.2. The van der Waals surface area contributed by atoms with E-state index in [1.165, 1.54) is 0 Å². The lowest BCUT2D eigenvalue weighted by molar-refractivity contribution is -0.123. The zero-order valence-corrected chi connectivity index (χ0v) is 17.9. The van der Waals surface area contributed by atoms with Crippen molar-refractivity contribution in [1.29, 1.82) is 0 Å². The Morgan fingerprint density at radius 2 is 1.72 bits per heavy atom. The van der Waals surface area contributed by atoms with Gasteiger partial charge in [0.1, 0.15) is 17.5 Å². The predicted molar refractivity (Wildman–Crippen MR) is 115 cm³/mol. The van der Waals surface area contributed by atoms with Crippen LogP contribution in [0.15, 0.2) is 18.2 Å². The molecule has 2 aromatic heterocycles. The lowest BCUT2D eigenvalue weighted by Gasteiger charge is -2.32. The summed E-state index contributed by atoms with van der Waals surface area (Å²) < 4.78 is 0. The minimum atomic E-state index is -0.493. The summed E-state index contributed by atoms with van der Waals surface area (Å²) in [5, 5.41) is 6.00. The zero-order valence-electron chi connectivity index (χ0n) is 17.9. The molecule has 0 radical (unpaired) electrons. The zero-order chi connectivity index (χ0) is 21.0. The quantitative estimate of drug-likeness (QED) is 0.792. The first-order chi connectivity index (χ1) is 13.7. The number of nitrogens with zero attached hydrogens (tertiary/aromatic N) is 6. The van der Waals surface area contributed by atoms with E-state index in [4.69, 9.17) is 0 Å². The van der Waals surface area contributed by atoms with Gasteiger partial charge in [0.15, 0.2) is 0 Å². The number of amides is 1. The Morgan fingerprint density at radius 1 is 1.03 bits per heavy atom. The summed E-state index contributed by atoms with van der Waals surface area (Å²) >= 11 is 0. The summed E-state index contributed by atoms with van der Waals surface area (Å²) in [6.07, 6.45) is 0.715. The molecule has 0 atom stereocenters. The van der Waals surface area contributed by atoms with E-state index in [-0.39, 0.29) is 5.91 Å². The van der Waals surface area contributed by atoms with Crippen LogP contribution in [0.2, 0.25) is 0 Å². The van der Waals surface area contributed by atoms with Crippen molar-refractivity contribution in [2.75, 3.05) is 48.8 Å². The van der Waals surface area contributed by atoms with Gasteiger partial charge in [-0.25, -0.2) is 4.98 Å². The van der Waals surface area contributed by atoms with Gasteiger partial charge in [-0.05, 0) is 19.2 Å². The predicted octanol–water partition coefficient (Wildman–Crippen LogP) is 2.31. The van der Waals surface area contributed by atoms with Crippen molar-refractivity contribution >= 4 is 29.4 Å². The lowest BCUT2D eigenvalue weighted by Crippen LogP contribution is -2.45. The number of aryl methyl sites for hydroxylation is 1. The summed E-state index contributed by atoms with van der Waals surface area (Å²) in [5.41, 5.74) is -0.493. The highest BCUT2D eigenvalue weighted by molar-refractivity contribution is 5.93. The topological polar surface area (TPSA) is 99.2 Å². The van der Waals surface area contributed by atoms with E-state index in [0.717, 1.165) is 32.0 Å². The number of rotatable bonds is 5. The first kappa shape index (κ1) is 20.9. The number of pyridine rings is 1. The molecular formula is C20H30N8O. The summed E-state index contributed by atoms with van der Waals surface area (Å²) in [6, 6.07) is 5.41. The van der Waals surface area contributed by atoms with Crippen molar-refractivity contribution < 1.29 is 4.79 Å². The second-order valence-electron chi connectivity index (χ2n) is 8.26. The number of anilines is 4. The van der Waals surface area contributed by atoms with E-state index in [0.29, 0.717) is 30.0 Å². The van der Waals surface area contributed by atoms with Crippen LogP contribution in [0.25, 0.3) is 0 Å². The molecule has 1 saturated heterocycles. The minimum absolute atomic E-state index is 0.0899. The van der Waals surface area contributed by atoms with Gasteiger partial charge in [0, 0.05) is 38.0 Å². The molecule has 0 saturated carbocycles. The van der Waals surface area contributed by atoms with Gasteiger partial charge in [-0.15, -0.1) is 0 Å². The van der Waals surface area contributed by atoms with E-state index in [9.17, 15) is 4.79 Å². The molecule has 0 aliphatic carbocycles. The Kier molecular flexibility index (Phi) is 6.26. The first-order valence-corrected chi connectivity index (χ1v) is 9.98. The smallest absolute Gasteiger partial charge is 0.233 e. The number of carbonyl (C=O) groups is 1. The van der Waals surface area contributed by atoms with Crippen LogP contribution in [0, 0.1) is 5.41 Å². The molecule has 1 aliphatic heterocycles. The molecule has 0 aromatic carbocycles. The number of hydrogen-bond acceptors (Lipinski definition) is 8. The number of nitrogens with one attached hydrogen (secondary N) is 2. The van der Waals surface area contributed by atoms with E-state index in [1.54, 1.807) is 6.07 Å². The van der Waals surface area contributed by atoms with Crippen molar-refractivity contribution in [3.63, 3.8) is 0 Å².